The Balaban J connectivity index is 2.56. The minimum atomic E-state index is 0.592. The van der Waals surface area contributed by atoms with Crippen molar-refractivity contribution in [3.8, 4) is 0 Å². The highest BCUT2D eigenvalue weighted by atomic mass is 32.1. The van der Waals surface area contributed by atoms with Crippen molar-refractivity contribution in [2.45, 2.75) is 39.3 Å². The van der Waals surface area contributed by atoms with Gasteiger partial charge >= 0.3 is 0 Å². The second kappa shape index (κ2) is 7.14. The molecular formula is C14H26N2S. The van der Waals surface area contributed by atoms with E-state index in [0.717, 1.165) is 13.0 Å². The molecule has 0 aliphatic rings. The van der Waals surface area contributed by atoms with Crippen LogP contribution < -0.4 is 5.32 Å². The molecular weight excluding hydrogens is 228 g/mol. The highest BCUT2D eigenvalue weighted by Gasteiger charge is 2.22. The lowest BCUT2D eigenvalue weighted by atomic mass is 10.0. The first kappa shape index (κ1) is 14.7. The molecule has 0 radical (unpaired) electrons. The maximum atomic E-state index is 3.30. The van der Waals surface area contributed by atoms with Gasteiger partial charge in [-0.3, -0.25) is 4.90 Å². The van der Waals surface area contributed by atoms with Crippen LogP contribution in [0.1, 0.15) is 25.6 Å². The molecule has 1 heterocycles. The molecule has 2 atom stereocenters. The fourth-order valence-electron chi connectivity index (χ4n) is 2.25. The van der Waals surface area contributed by atoms with E-state index in [9.17, 15) is 0 Å². The van der Waals surface area contributed by atoms with Crippen LogP contribution in [0.2, 0.25) is 0 Å². The lowest BCUT2D eigenvalue weighted by Crippen LogP contribution is -2.47. The van der Waals surface area contributed by atoms with Crippen LogP contribution in [0.25, 0.3) is 0 Å². The van der Waals surface area contributed by atoms with Crippen molar-refractivity contribution in [3.05, 3.63) is 22.4 Å². The second-order valence-electron chi connectivity index (χ2n) is 5.17. The minimum Gasteiger partial charge on any atom is -0.318 e. The molecule has 0 spiro atoms. The average Bonchev–Trinajstić information content (AvgIpc) is 2.77. The van der Waals surface area contributed by atoms with E-state index in [0.29, 0.717) is 18.0 Å². The van der Waals surface area contributed by atoms with E-state index in [1.165, 1.54) is 4.88 Å². The smallest absolute Gasteiger partial charge is 0.0243 e. The van der Waals surface area contributed by atoms with Crippen molar-refractivity contribution in [1.29, 1.82) is 0 Å². The molecule has 1 rings (SSSR count). The maximum absolute atomic E-state index is 3.30. The highest BCUT2D eigenvalue weighted by Crippen LogP contribution is 2.17. The fraction of sp³-hybridized carbons (Fsp3) is 0.714. The number of hydrogen-bond acceptors (Lipinski definition) is 3. The standard InChI is InChI=1S/C14H26N2S/c1-11(2)14(10-15-4)16(5)12(3)9-13-7-6-8-17-13/h6-8,11-12,14-15H,9-10H2,1-5H3. The third-order valence-electron chi connectivity index (χ3n) is 3.48. The quantitative estimate of drug-likeness (QED) is 0.805. The lowest BCUT2D eigenvalue weighted by molar-refractivity contribution is 0.143. The van der Waals surface area contributed by atoms with E-state index >= 15 is 0 Å². The van der Waals surface area contributed by atoms with Crippen molar-refractivity contribution in [2.75, 3.05) is 20.6 Å². The SMILES string of the molecule is CNCC(C(C)C)N(C)C(C)Cc1cccs1. The maximum Gasteiger partial charge on any atom is 0.0243 e. The van der Waals surface area contributed by atoms with E-state index in [1.807, 2.05) is 18.4 Å². The van der Waals surface area contributed by atoms with Gasteiger partial charge in [0.2, 0.25) is 0 Å². The van der Waals surface area contributed by atoms with Crippen LogP contribution in [-0.2, 0) is 6.42 Å². The van der Waals surface area contributed by atoms with Crippen molar-refractivity contribution in [3.63, 3.8) is 0 Å². The third-order valence-corrected chi connectivity index (χ3v) is 4.38. The van der Waals surface area contributed by atoms with Gasteiger partial charge in [-0.05, 0) is 44.8 Å². The zero-order valence-electron chi connectivity index (χ0n) is 11.7. The van der Waals surface area contributed by atoms with E-state index in [2.05, 4.69) is 55.5 Å². The molecule has 2 unspecified atom stereocenters. The summed E-state index contributed by atoms with van der Waals surface area (Å²) in [7, 11) is 4.29. The van der Waals surface area contributed by atoms with Gasteiger partial charge in [-0.1, -0.05) is 19.9 Å². The van der Waals surface area contributed by atoms with Crippen LogP contribution in [0.15, 0.2) is 17.5 Å². The molecule has 17 heavy (non-hydrogen) atoms. The predicted molar refractivity (Wildman–Crippen MR) is 77.8 cm³/mol. The summed E-state index contributed by atoms with van der Waals surface area (Å²) in [5, 5.41) is 5.47. The molecule has 0 saturated carbocycles. The van der Waals surface area contributed by atoms with Crippen LogP contribution in [0.3, 0.4) is 0 Å². The van der Waals surface area contributed by atoms with Crippen molar-refractivity contribution in [1.82, 2.24) is 10.2 Å². The first-order valence-corrected chi connectivity index (χ1v) is 7.33. The first-order chi connectivity index (χ1) is 8.06. The molecule has 1 aromatic heterocycles. The Bertz CT molecular complexity index is 295. The monoisotopic (exact) mass is 254 g/mol. The average molecular weight is 254 g/mol. The van der Waals surface area contributed by atoms with Crippen LogP contribution in [0.5, 0.6) is 0 Å². The molecule has 3 heteroatoms. The number of nitrogens with one attached hydrogen (secondary N) is 1. The summed E-state index contributed by atoms with van der Waals surface area (Å²) in [6.45, 7) is 7.99. The van der Waals surface area contributed by atoms with Gasteiger partial charge in [0.25, 0.3) is 0 Å². The summed E-state index contributed by atoms with van der Waals surface area (Å²) in [6, 6.07) is 5.57. The van der Waals surface area contributed by atoms with Crippen molar-refractivity contribution < 1.29 is 0 Å². The summed E-state index contributed by atoms with van der Waals surface area (Å²) in [5.41, 5.74) is 0. The molecule has 2 nitrogen and oxygen atoms in total. The summed E-state index contributed by atoms with van der Waals surface area (Å²) < 4.78 is 0. The number of hydrogen-bond donors (Lipinski definition) is 1. The molecule has 0 aromatic carbocycles. The third kappa shape index (κ3) is 4.41. The van der Waals surface area contributed by atoms with Gasteiger partial charge < -0.3 is 5.32 Å². The van der Waals surface area contributed by atoms with Gasteiger partial charge in [0.05, 0.1) is 0 Å². The Hall–Kier alpha value is -0.380. The van der Waals surface area contributed by atoms with Crippen molar-refractivity contribution >= 4 is 11.3 Å². The van der Waals surface area contributed by atoms with Crippen LogP contribution in [0, 0.1) is 5.92 Å². The zero-order chi connectivity index (χ0) is 12.8. The first-order valence-electron chi connectivity index (χ1n) is 6.45. The molecule has 1 N–H and O–H groups in total. The number of rotatable bonds is 7. The highest BCUT2D eigenvalue weighted by molar-refractivity contribution is 7.09. The minimum absolute atomic E-state index is 0.592. The molecule has 0 amide bonds. The summed E-state index contributed by atoms with van der Waals surface area (Å²) in [6.07, 6.45) is 1.15. The second-order valence-corrected chi connectivity index (χ2v) is 6.20. The summed E-state index contributed by atoms with van der Waals surface area (Å²) >= 11 is 1.86. The largest absolute Gasteiger partial charge is 0.318 e. The molecule has 0 aliphatic carbocycles. The molecule has 0 aliphatic heterocycles. The Labute approximate surface area is 110 Å². The van der Waals surface area contributed by atoms with E-state index in [4.69, 9.17) is 0 Å². The van der Waals surface area contributed by atoms with Crippen LogP contribution in [0.4, 0.5) is 0 Å². The van der Waals surface area contributed by atoms with Crippen LogP contribution in [-0.4, -0.2) is 37.6 Å². The Morgan fingerprint density at radius 3 is 2.53 bits per heavy atom. The van der Waals surface area contributed by atoms with Gasteiger partial charge in [0.1, 0.15) is 0 Å². The van der Waals surface area contributed by atoms with Gasteiger partial charge in [-0.2, -0.15) is 0 Å². The van der Waals surface area contributed by atoms with Gasteiger partial charge in [0, 0.05) is 23.5 Å². The molecule has 0 saturated heterocycles. The fourth-order valence-corrected chi connectivity index (χ4v) is 3.08. The number of thiophene rings is 1. The van der Waals surface area contributed by atoms with Gasteiger partial charge in [0.15, 0.2) is 0 Å². The Morgan fingerprint density at radius 1 is 1.35 bits per heavy atom. The Morgan fingerprint density at radius 2 is 2.06 bits per heavy atom. The molecule has 0 bridgehead atoms. The van der Waals surface area contributed by atoms with Crippen molar-refractivity contribution in [2.24, 2.45) is 5.92 Å². The zero-order valence-corrected chi connectivity index (χ0v) is 12.6. The summed E-state index contributed by atoms with van der Waals surface area (Å²) in [4.78, 5) is 4.00. The van der Waals surface area contributed by atoms with Crippen LogP contribution >= 0.6 is 11.3 Å². The number of nitrogens with zero attached hydrogens (tertiary/aromatic N) is 1. The predicted octanol–water partition coefficient (Wildman–Crippen LogP) is 2.85. The molecule has 0 fully saturated rings. The summed E-state index contributed by atoms with van der Waals surface area (Å²) in [5.74, 6) is 0.679. The Kier molecular flexibility index (Phi) is 6.17. The van der Waals surface area contributed by atoms with Gasteiger partial charge in [-0.15, -0.1) is 11.3 Å². The molecule has 98 valence electrons. The molecule has 1 aromatic rings. The van der Waals surface area contributed by atoms with Gasteiger partial charge in [-0.25, -0.2) is 0 Å². The van der Waals surface area contributed by atoms with E-state index < -0.39 is 0 Å². The van der Waals surface area contributed by atoms with E-state index in [-0.39, 0.29) is 0 Å². The normalized spacial score (nSPS) is 15.5. The topological polar surface area (TPSA) is 15.3 Å². The van der Waals surface area contributed by atoms with E-state index in [1.54, 1.807) is 0 Å². The lowest BCUT2D eigenvalue weighted by Gasteiger charge is -2.35. The number of likely N-dealkylation sites (N-methyl/N-ethyl adjacent to an activating group) is 2.